The number of benzene rings is 3. The molecule has 0 fully saturated rings. The van der Waals surface area contributed by atoms with Gasteiger partial charge in [0.2, 0.25) is 0 Å². The summed E-state index contributed by atoms with van der Waals surface area (Å²) >= 11 is 0. The number of anilines is 1. The highest BCUT2D eigenvalue weighted by molar-refractivity contribution is 6.04. The molecule has 0 atom stereocenters. The Labute approximate surface area is 175 Å². The topological polar surface area (TPSA) is 64.1 Å². The summed E-state index contributed by atoms with van der Waals surface area (Å²) in [5.74, 6) is 0.516. The predicted molar refractivity (Wildman–Crippen MR) is 118 cm³/mol. The van der Waals surface area contributed by atoms with Crippen LogP contribution in [-0.4, -0.2) is 15.9 Å². The minimum Gasteiger partial charge on any atom is -0.424 e. The molecule has 1 amide bonds. The number of rotatable bonds is 6. The Morgan fingerprint density at radius 3 is 2.30 bits per heavy atom. The van der Waals surface area contributed by atoms with Crippen molar-refractivity contribution in [1.29, 1.82) is 0 Å². The van der Waals surface area contributed by atoms with Gasteiger partial charge in [0.15, 0.2) is 0 Å². The molecule has 5 heteroatoms. The van der Waals surface area contributed by atoms with Crippen LogP contribution < -0.4 is 10.1 Å². The van der Waals surface area contributed by atoms with Crippen LogP contribution >= 0.6 is 0 Å². The highest BCUT2D eigenvalue weighted by Crippen LogP contribution is 2.22. The van der Waals surface area contributed by atoms with Crippen molar-refractivity contribution in [1.82, 2.24) is 9.97 Å². The van der Waals surface area contributed by atoms with Crippen LogP contribution in [0.25, 0.3) is 11.1 Å². The summed E-state index contributed by atoms with van der Waals surface area (Å²) < 4.78 is 5.63. The lowest BCUT2D eigenvalue weighted by Gasteiger charge is -2.08. The number of aromatic nitrogens is 2. The predicted octanol–water partition coefficient (Wildman–Crippen LogP) is 5.75. The first-order chi connectivity index (χ1) is 14.7. The van der Waals surface area contributed by atoms with Gasteiger partial charge in [0.1, 0.15) is 5.75 Å². The van der Waals surface area contributed by atoms with Gasteiger partial charge in [-0.05, 0) is 53.9 Å². The van der Waals surface area contributed by atoms with Gasteiger partial charge in [0.25, 0.3) is 5.91 Å². The Balaban J connectivity index is 1.47. The second-order valence-corrected chi connectivity index (χ2v) is 6.75. The Kier molecular flexibility index (Phi) is 5.80. The van der Waals surface area contributed by atoms with Crippen LogP contribution in [0.4, 0.5) is 5.69 Å². The molecule has 1 aromatic heterocycles. The Bertz CT molecular complexity index is 1130. The Morgan fingerprint density at radius 1 is 0.867 bits per heavy atom. The third-order valence-corrected chi connectivity index (χ3v) is 4.66. The molecule has 4 aromatic rings. The van der Waals surface area contributed by atoms with E-state index < -0.39 is 0 Å². The molecule has 0 aliphatic carbocycles. The van der Waals surface area contributed by atoms with Crippen LogP contribution in [0.3, 0.4) is 0 Å². The number of carbonyl (C=O) groups excluding carboxylic acids is 1. The van der Waals surface area contributed by atoms with Crippen LogP contribution in [0.2, 0.25) is 0 Å². The van der Waals surface area contributed by atoms with E-state index in [2.05, 4.69) is 22.2 Å². The quantitative estimate of drug-likeness (QED) is 0.451. The highest BCUT2D eigenvalue weighted by atomic mass is 16.5. The molecule has 148 valence electrons. The fourth-order valence-corrected chi connectivity index (χ4v) is 2.98. The first-order valence-electron chi connectivity index (χ1n) is 9.77. The summed E-state index contributed by atoms with van der Waals surface area (Å²) in [5, 5.41) is 2.93. The SMILES string of the molecule is CCc1ccc(NC(=O)c2cccc(-c3cnc(Oc4ccccc4)nc3)c2)cc1. The van der Waals surface area contributed by atoms with Crippen molar-refractivity contribution in [3.63, 3.8) is 0 Å². The van der Waals surface area contributed by atoms with E-state index in [1.54, 1.807) is 18.5 Å². The van der Waals surface area contributed by atoms with Gasteiger partial charge in [-0.15, -0.1) is 0 Å². The molecular weight excluding hydrogens is 374 g/mol. The maximum Gasteiger partial charge on any atom is 0.321 e. The van der Waals surface area contributed by atoms with E-state index in [-0.39, 0.29) is 11.9 Å². The molecule has 30 heavy (non-hydrogen) atoms. The normalized spacial score (nSPS) is 10.4. The maximum atomic E-state index is 12.6. The largest absolute Gasteiger partial charge is 0.424 e. The fraction of sp³-hybridized carbons (Fsp3) is 0.0800. The van der Waals surface area contributed by atoms with E-state index in [1.165, 1.54) is 5.56 Å². The van der Waals surface area contributed by atoms with Crippen molar-refractivity contribution in [3.8, 4) is 22.9 Å². The number of para-hydroxylation sites is 1. The van der Waals surface area contributed by atoms with Crippen LogP contribution in [0.15, 0.2) is 91.3 Å². The maximum absolute atomic E-state index is 12.6. The van der Waals surface area contributed by atoms with E-state index in [1.807, 2.05) is 72.8 Å². The van der Waals surface area contributed by atoms with E-state index in [9.17, 15) is 4.79 Å². The number of hydrogen-bond donors (Lipinski definition) is 1. The molecule has 3 aromatic carbocycles. The summed E-state index contributed by atoms with van der Waals surface area (Å²) in [6.45, 7) is 2.10. The van der Waals surface area contributed by atoms with Crippen molar-refractivity contribution in [2.75, 3.05) is 5.32 Å². The molecule has 0 spiro atoms. The molecule has 4 rings (SSSR count). The standard InChI is InChI=1S/C25H21N3O2/c1-2-18-11-13-22(14-12-18)28-24(29)20-8-6-7-19(15-20)21-16-26-25(27-17-21)30-23-9-4-3-5-10-23/h3-17H,2H2,1H3,(H,28,29). The van der Waals surface area contributed by atoms with Crippen molar-refractivity contribution in [2.24, 2.45) is 0 Å². The van der Waals surface area contributed by atoms with Crippen LogP contribution in [0, 0.1) is 0 Å². The third-order valence-electron chi connectivity index (χ3n) is 4.66. The molecule has 0 aliphatic heterocycles. The zero-order valence-corrected chi connectivity index (χ0v) is 16.6. The number of nitrogens with zero attached hydrogens (tertiary/aromatic N) is 2. The van der Waals surface area contributed by atoms with Gasteiger partial charge >= 0.3 is 6.01 Å². The van der Waals surface area contributed by atoms with Gasteiger partial charge in [0, 0.05) is 29.2 Å². The zero-order valence-electron chi connectivity index (χ0n) is 16.6. The van der Waals surface area contributed by atoms with Crippen LogP contribution in [-0.2, 0) is 6.42 Å². The summed E-state index contributed by atoms with van der Waals surface area (Å²) in [6, 6.07) is 24.9. The number of carbonyl (C=O) groups is 1. The molecule has 1 N–H and O–H groups in total. The number of nitrogens with one attached hydrogen (secondary N) is 1. The molecule has 0 unspecified atom stereocenters. The number of aryl methyl sites for hydroxylation is 1. The van der Waals surface area contributed by atoms with Crippen LogP contribution in [0.5, 0.6) is 11.8 Å². The lowest BCUT2D eigenvalue weighted by molar-refractivity contribution is 0.102. The third kappa shape index (κ3) is 4.70. The van der Waals surface area contributed by atoms with Crippen LogP contribution in [0.1, 0.15) is 22.8 Å². The van der Waals surface area contributed by atoms with Gasteiger partial charge in [-0.2, -0.15) is 0 Å². The van der Waals surface area contributed by atoms with Gasteiger partial charge in [0.05, 0.1) is 0 Å². The summed E-state index contributed by atoms with van der Waals surface area (Å²) in [6.07, 6.45) is 4.34. The first-order valence-corrected chi connectivity index (χ1v) is 9.77. The second-order valence-electron chi connectivity index (χ2n) is 6.75. The minimum absolute atomic E-state index is 0.161. The van der Waals surface area contributed by atoms with Crippen molar-refractivity contribution >= 4 is 11.6 Å². The monoisotopic (exact) mass is 395 g/mol. The second kappa shape index (κ2) is 9.01. The van der Waals surface area contributed by atoms with Gasteiger partial charge in [-0.25, -0.2) is 9.97 Å². The summed E-state index contributed by atoms with van der Waals surface area (Å²) in [4.78, 5) is 21.2. The molecule has 0 saturated carbocycles. The van der Waals surface area contributed by atoms with E-state index in [4.69, 9.17) is 4.74 Å². The minimum atomic E-state index is -0.161. The number of hydrogen-bond acceptors (Lipinski definition) is 4. The molecule has 1 heterocycles. The number of amides is 1. The van der Waals surface area contributed by atoms with Gasteiger partial charge in [-0.3, -0.25) is 4.79 Å². The van der Waals surface area contributed by atoms with Crippen molar-refractivity contribution in [3.05, 3.63) is 102 Å². The van der Waals surface area contributed by atoms with Crippen molar-refractivity contribution in [2.45, 2.75) is 13.3 Å². The highest BCUT2D eigenvalue weighted by Gasteiger charge is 2.09. The summed E-state index contributed by atoms with van der Waals surface area (Å²) in [7, 11) is 0. The Hall–Kier alpha value is -3.99. The number of ether oxygens (including phenoxy) is 1. The smallest absolute Gasteiger partial charge is 0.321 e. The van der Waals surface area contributed by atoms with E-state index in [0.29, 0.717) is 11.3 Å². The average molecular weight is 395 g/mol. The molecule has 0 aliphatic rings. The Morgan fingerprint density at radius 2 is 1.60 bits per heavy atom. The molecule has 5 nitrogen and oxygen atoms in total. The molecule has 0 saturated heterocycles. The lowest BCUT2D eigenvalue weighted by Crippen LogP contribution is -2.11. The molecular formula is C25H21N3O2. The average Bonchev–Trinajstić information content (AvgIpc) is 2.81. The molecule has 0 radical (unpaired) electrons. The lowest BCUT2D eigenvalue weighted by atomic mass is 10.1. The molecule has 0 bridgehead atoms. The van der Waals surface area contributed by atoms with E-state index in [0.717, 1.165) is 23.2 Å². The fourth-order valence-electron chi connectivity index (χ4n) is 2.98. The van der Waals surface area contributed by atoms with Gasteiger partial charge in [-0.1, -0.05) is 49.4 Å². The zero-order chi connectivity index (χ0) is 20.8. The van der Waals surface area contributed by atoms with Crippen molar-refractivity contribution < 1.29 is 9.53 Å². The van der Waals surface area contributed by atoms with Gasteiger partial charge < -0.3 is 10.1 Å². The first kappa shape index (κ1) is 19.3. The summed E-state index contributed by atoms with van der Waals surface area (Å²) in [5.41, 5.74) is 4.23. The van der Waals surface area contributed by atoms with E-state index >= 15 is 0 Å².